The van der Waals surface area contributed by atoms with Gasteiger partial charge in [-0.3, -0.25) is 4.79 Å². The molecule has 0 radical (unpaired) electrons. The molecule has 0 aliphatic heterocycles. The van der Waals surface area contributed by atoms with Crippen molar-refractivity contribution in [1.82, 2.24) is 5.32 Å². The monoisotopic (exact) mass is 601 g/mol. The molecule has 0 bridgehead atoms. The van der Waals surface area contributed by atoms with Gasteiger partial charge in [-0.1, -0.05) is 24.3 Å². The zero-order valence-electron chi connectivity index (χ0n) is 22.5. The summed E-state index contributed by atoms with van der Waals surface area (Å²) in [6.45, 7) is 0.0375. The number of carbonyl (C=O) groups is 5. The minimum atomic E-state index is -1.52. The van der Waals surface area contributed by atoms with Crippen LogP contribution in [0.5, 0.6) is 23.0 Å². The van der Waals surface area contributed by atoms with Crippen LogP contribution in [-0.4, -0.2) is 67.0 Å². The van der Waals surface area contributed by atoms with E-state index in [-0.39, 0.29) is 52.5 Å². The van der Waals surface area contributed by atoms with Crippen LogP contribution in [0.2, 0.25) is 0 Å². The number of ketones is 1. The van der Waals surface area contributed by atoms with E-state index in [1.54, 1.807) is 0 Å². The highest BCUT2D eigenvalue weighted by Crippen LogP contribution is 2.35. The molecule has 44 heavy (non-hydrogen) atoms. The molecule has 0 saturated carbocycles. The third-order valence-corrected chi connectivity index (χ3v) is 6.44. The summed E-state index contributed by atoms with van der Waals surface area (Å²) in [6.07, 6.45) is 2.59. The number of amides is 1. The van der Waals surface area contributed by atoms with Crippen LogP contribution in [0.15, 0.2) is 84.0 Å². The third kappa shape index (κ3) is 6.74. The Labute approximate surface area is 247 Å². The van der Waals surface area contributed by atoms with E-state index in [4.69, 9.17) is 4.74 Å². The minimum absolute atomic E-state index is 0.0375. The number of phenols is 3. The Kier molecular flexibility index (Phi) is 8.79. The predicted octanol–water partition coefficient (Wildman–Crippen LogP) is 3.48. The van der Waals surface area contributed by atoms with Gasteiger partial charge in [0.05, 0.1) is 0 Å². The van der Waals surface area contributed by atoms with E-state index in [1.807, 2.05) is 0 Å². The van der Waals surface area contributed by atoms with E-state index in [0.29, 0.717) is 5.56 Å². The normalized spacial score (nSPS) is 13.5. The smallest absolute Gasteiger partial charge is 0.412 e. The average molecular weight is 602 g/mol. The summed E-state index contributed by atoms with van der Waals surface area (Å²) in [5, 5.41) is 60.4. The van der Waals surface area contributed by atoms with Crippen molar-refractivity contribution in [3.05, 3.63) is 112 Å². The first-order valence-electron chi connectivity index (χ1n) is 12.7. The minimum Gasteiger partial charge on any atom is -0.507 e. The number of aromatic carboxylic acids is 2. The number of nitrogens with one attached hydrogen (secondary N) is 1. The lowest BCUT2D eigenvalue weighted by atomic mass is 9.87. The first-order valence-corrected chi connectivity index (χ1v) is 12.7. The molecule has 0 saturated heterocycles. The molecule has 4 rings (SSSR count). The average Bonchev–Trinajstić information content (AvgIpc) is 2.97. The SMILES string of the molecule is O=C(NCCc1ccc(O)c(O)c1)Oc1ccc(/C(=C2/C=CC(=O)C(C(=O)O)=C2)c2ccc(O)c(C(=O)O)c2)cc1C(=O)O. The number of ether oxygens (including phenoxy) is 1. The molecular weight excluding hydrogens is 578 g/mol. The molecule has 13 heteroatoms. The van der Waals surface area contributed by atoms with Gasteiger partial charge >= 0.3 is 24.0 Å². The maximum Gasteiger partial charge on any atom is 0.412 e. The molecule has 7 N–H and O–H groups in total. The fourth-order valence-electron chi connectivity index (χ4n) is 4.33. The van der Waals surface area contributed by atoms with Crippen molar-refractivity contribution in [3.8, 4) is 23.0 Å². The van der Waals surface area contributed by atoms with Crippen molar-refractivity contribution in [2.75, 3.05) is 6.54 Å². The van der Waals surface area contributed by atoms with Crippen LogP contribution >= 0.6 is 0 Å². The van der Waals surface area contributed by atoms with E-state index in [2.05, 4.69) is 5.32 Å². The van der Waals surface area contributed by atoms with Gasteiger partial charge in [-0.25, -0.2) is 19.2 Å². The highest BCUT2D eigenvalue weighted by atomic mass is 16.6. The molecule has 1 amide bonds. The first kappa shape index (κ1) is 30.6. The Morgan fingerprint density at radius 1 is 0.705 bits per heavy atom. The van der Waals surface area contributed by atoms with Crippen molar-refractivity contribution in [3.63, 3.8) is 0 Å². The Morgan fingerprint density at radius 3 is 1.98 bits per heavy atom. The zero-order chi connectivity index (χ0) is 32.1. The molecule has 224 valence electrons. The number of allylic oxidation sites excluding steroid dienone is 4. The van der Waals surface area contributed by atoms with Crippen molar-refractivity contribution in [2.24, 2.45) is 0 Å². The molecule has 13 nitrogen and oxygen atoms in total. The van der Waals surface area contributed by atoms with Gasteiger partial charge in [0.25, 0.3) is 0 Å². The molecule has 0 atom stereocenters. The fourth-order valence-corrected chi connectivity index (χ4v) is 4.33. The van der Waals surface area contributed by atoms with Crippen LogP contribution < -0.4 is 10.1 Å². The number of hydrogen-bond donors (Lipinski definition) is 7. The van der Waals surface area contributed by atoms with Gasteiger partial charge in [-0.2, -0.15) is 0 Å². The summed E-state index contributed by atoms with van der Waals surface area (Å²) in [6, 6.07) is 11.3. The quantitative estimate of drug-likeness (QED) is 0.138. The Morgan fingerprint density at radius 2 is 1.34 bits per heavy atom. The lowest BCUT2D eigenvalue weighted by Gasteiger charge is -2.17. The van der Waals surface area contributed by atoms with Gasteiger partial charge in [-0.05, 0) is 82.8 Å². The number of benzene rings is 3. The Bertz CT molecular complexity index is 1820. The van der Waals surface area contributed by atoms with Gasteiger partial charge in [0.2, 0.25) is 0 Å². The molecule has 1 aliphatic rings. The predicted molar refractivity (Wildman–Crippen MR) is 152 cm³/mol. The molecule has 0 aromatic heterocycles. The lowest BCUT2D eigenvalue weighted by Crippen LogP contribution is -2.29. The molecular formula is C31H23NO12. The van der Waals surface area contributed by atoms with Crippen molar-refractivity contribution < 1.29 is 59.3 Å². The number of hydrogen-bond acceptors (Lipinski definition) is 9. The van der Waals surface area contributed by atoms with E-state index in [9.17, 15) is 54.6 Å². The summed E-state index contributed by atoms with van der Waals surface area (Å²) >= 11 is 0. The van der Waals surface area contributed by atoms with Crippen LogP contribution in [0.4, 0.5) is 4.79 Å². The number of phenolic OH excluding ortho intramolecular Hbond substituents is 2. The van der Waals surface area contributed by atoms with Crippen molar-refractivity contribution in [1.29, 1.82) is 0 Å². The van der Waals surface area contributed by atoms with E-state index in [1.165, 1.54) is 42.5 Å². The number of carboxylic acid groups (broad SMARTS) is 3. The molecule has 1 aliphatic carbocycles. The highest BCUT2D eigenvalue weighted by molar-refractivity contribution is 6.23. The van der Waals surface area contributed by atoms with Crippen molar-refractivity contribution >= 4 is 35.4 Å². The fraction of sp³-hybridized carbons (Fsp3) is 0.0645. The summed E-state index contributed by atoms with van der Waals surface area (Å²) in [7, 11) is 0. The van der Waals surface area contributed by atoms with Crippen LogP contribution in [0.25, 0.3) is 5.57 Å². The van der Waals surface area contributed by atoms with E-state index in [0.717, 1.165) is 30.4 Å². The number of carboxylic acids is 3. The Hall–Kier alpha value is -6.37. The van der Waals surface area contributed by atoms with E-state index >= 15 is 0 Å². The highest BCUT2D eigenvalue weighted by Gasteiger charge is 2.24. The van der Waals surface area contributed by atoms with Gasteiger partial charge in [0, 0.05) is 6.54 Å². The lowest BCUT2D eigenvalue weighted by molar-refractivity contribution is -0.134. The van der Waals surface area contributed by atoms with Crippen LogP contribution in [0, 0.1) is 0 Å². The topological polar surface area (TPSA) is 228 Å². The van der Waals surface area contributed by atoms with Crippen molar-refractivity contribution in [2.45, 2.75) is 6.42 Å². The van der Waals surface area contributed by atoms with Crippen LogP contribution in [0.1, 0.15) is 37.4 Å². The summed E-state index contributed by atoms with van der Waals surface area (Å²) < 4.78 is 5.21. The summed E-state index contributed by atoms with van der Waals surface area (Å²) in [4.78, 5) is 60.1. The zero-order valence-corrected chi connectivity index (χ0v) is 22.5. The second-order valence-electron chi connectivity index (χ2n) is 9.33. The largest absolute Gasteiger partial charge is 0.507 e. The van der Waals surface area contributed by atoms with Gasteiger partial charge in [-0.15, -0.1) is 0 Å². The standard InChI is InChI=1S/C31H23NO12/c33-22-6-2-16(12-19(22)28(37)38)27(17-3-7-23(34)20(13-17)29(39)40)18-4-8-26(21(14-18)30(41)42)44-31(43)32-10-9-15-1-5-24(35)25(36)11-15/h1-8,11-14,33,35-36H,9-10H2,(H,32,43)(H,37,38)(H,39,40)(H,41,42)/b27-17-. The van der Waals surface area contributed by atoms with Gasteiger partial charge < -0.3 is 40.7 Å². The van der Waals surface area contributed by atoms with Gasteiger partial charge in [0.15, 0.2) is 17.3 Å². The third-order valence-electron chi connectivity index (χ3n) is 6.44. The maximum atomic E-state index is 12.4. The molecule has 3 aromatic rings. The molecule has 0 fully saturated rings. The summed E-state index contributed by atoms with van der Waals surface area (Å²) in [5.74, 6) is -6.80. The molecule has 3 aromatic carbocycles. The number of rotatable bonds is 9. The second kappa shape index (κ2) is 12.7. The number of aromatic hydroxyl groups is 3. The molecule has 0 spiro atoms. The van der Waals surface area contributed by atoms with Gasteiger partial charge in [0.1, 0.15) is 28.2 Å². The molecule has 0 heterocycles. The number of carbonyl (C=O) groups excluding carboxylic acids is 2. The first-order chi connectivity index (χ1) is 20.8. The Balaban J connectivity index is 1.71. The van der Waals surface area contributed by atoms with Crippen LogP contribution in [0.3, 0.4) is 0 Å². The second-order valence-corrected chi connectivity index (χ2v) is 9.33. The van der Waals surface area contributed by atoms with E-state index < -0.39 is 52.2 Å². The number of aliphatic carboxylic acids is 1. The van der Waals surface area contributed by atoms with Crippen LogP contribution in [-0.2, 0) is 16.0 Å². The summed E-state index contributed by atoms with van der Waals surface area (Å²) in [5.41, 5.74) is -0.466. The molecule has 0 unspecified atom stereocenters. The maximum absolute atomic E-state index is 12.4.